The van der Waals surface area contributed by atoms with Gasteiger partial charge in [-0.05, 0) is 91.4 Å². The Morgan fingerprint density at radius 2 is 1.12 bits per heavy atom. The molecule has 0 saturated heterocycles. The fourth-order valence-corrected chi connectivity index (χ4v) is 6.49. The number of hydrogen-bond acceptors (Lipinski definition) is 1. The predicted octanol–water partition coefficient (Wildman–Crippen LogP) is 6.90. The third-order valence-corrected chi connectivity index (χ3v) is 8.25. The molecule has 1 nitrogen and oxygen atoms in total. The largest absolute Gasteiger partial charge is 0.298 e. The number of rotatable bonds is 6. The zero-order valence-corrected chi connectivity index (χ0v) is 17.8. The monoisotopic (exact) mass is 354 g/mol. The fourth-order valence-electron chi connectivity index (χ4n) is 6.49. The van der Waals surface area contributed by atoms with E-state index in [9.17, 15) is 4.79 Å². The summed E-state index contributed by atoms with van der Waals surface area (Å²) in [6, 6.07) is 0. The van der Waals surface area contributed by atoms with Gasteiger partial charge in [0.1, 0.15) is 6.29 Å². The van der Waals surface area contributed by atoms with Gasteiger partial charge in [0.25, 0.3) is 0 Å². The summed E-state index contributed by atoms with van der Waals surface area (Å²) in [5.74, 6) is 1.70. The summed E-state index contributed by atoms with van der Waals surface area (Å²) in [5.41, 5.74) is 4.70. The Kier molecular flexibility index (Phi) is 4.69. The molecule has 6 aliphatic carbocycles. The quantitative estimate of drug-likeness (QED) is 0.288. The van der Waals surface area contributed by atoms with Crippen molar-refractivity contribution < 1.29 is 4.79 Å². The van der Waals surface area contributed by atoms with Crippen LogP contribution in [0.1, 0.15) is 80.1 Å². The minimum Gasteiger partial charge on any atom is -0.298 e. The van der Waals surface area contributed by atoms with Crippen LogP contribution < -0.4 is 0 Å². The van der Waals surface area contributed by atoms with E-state index >= 15 is 0 Å². The van der Waals surface area contributed by atoms with E-state index in [2.05, 4.69) is 53.3 Å². The molecule has 6 aliphatic rings. The van der Waals surface area contributed by atoms with E-state index < -0.39 is 0 Å². The van der Waals surface area contributed by atoms with Gasteiger partial charge in [0.2, 0.25) is 0 Å². The van der Waals surface area contributed by atoms with Gasteiger partial charge in [-0.15, -0.1) is 0 Å². The summed E-state index contributed by atoms with van der Waals surface area (Å²) in [4.78, 5) is 10.5. The van der Waals surface area contributed by atoms with Crippen molar-refractivity contribution in [1.82, 2.24) is 0 Å². The highest BCUT2D eigenvalue weighted by molar-refractivity contribution is 5.72. The first-order valence-corrected chi connectivity index (χ1v) is 10.5. The molecule has 6 saturated carbocycles. The van der Waals surface area contributed by atoms with Crippen molar-refractivity contribution >= 4 is 6.29 Å². The van der Waals surface area contributed by atoms with Gasteiger partial charge in [-0.3, -0.25) is 4.79 Å². The topological polar surface area (TPSA) is 17.1 Å². The molecule has 0 spiro atoms. The van der Waals surface area contributed by atoms with Gasteiger partial charge in [-0.25, -0.2) is 0 Å². The lowest BCUT2D eigenvalue weighted by Gasteiger charge is -2.72. The standard InChI is InChI=1S/C13H20.C12H18O/c1-5-11(4)6-12-7-13(8-12,9-12)10(2)3;1-9(2)12-6-11(7-12,8-12)4-10(3)5-13/h5-6,10H,1,7-9H2,2-4H3;4-5,9H,6-8H2,1-3H3/b11-6+;10-4+. The molecule has 0 aliphatic heterocycles. The number of carbonyl (C=O) groups excluding carboxylic acids is 1. The second-order valence-electron chi connectivity index (χ2n) is 10.9. The highest BCUT2D eigenvalue weighted by atomic mass is 16.1. The molecule has 6 rings (SSSR count). The molecule has 0 N–H and O–H groups in total. The SMILES string of the molecule is C/C(C=O)=C\C12CC(C(C)C)(C1)C2.C=C/C(C)=C/C12CC(C(C)C)(C1)C2. The molecule has 1 heteroatoms. The summed E-state index contributed by atoms with van der Waals surface area (Å²) in [6.45, 7) is 17.3. The maximum atomic E-state index is 10.5. The summed E-state index contributed by atoms with van der Waals surface area (Å²) in [7, 11) is 0. The van der Waals surface area contributed by atoms with Crippen molar-refractivity contribution in [3.63, 3.8) is 0 Å². The predicted molar refractivity (Wildman–Crippen MR) is 111 cm³/mol. The van der Waals surface area contributed by atoms with Gasteiger partial charge < -0.3 is 0 Å². The second kappa shape index (κ2) is 6.21. The lowest BCUT2D eigenvalue weighted by Crippen LogP contribution is -2.63. The van der Waals surface area contributed by atoms with E-state index in [1.807, 2.05) is 13.0 Å². The van der Waals surface area contributed by atoms with Crippen molar-refractivity contribution in [3.8, 4) is 0 Å². The minimum absolute atomic E-state index is 0.440. The number of aldehydes is 1. The smallest absolute Gasteiger partial charge is 0.145 e. The van der Waals surface area contributed by atoms with E-state index in [1.165, 1.54) is 44.1 Å². The molecule has 0 aromatic rings. The third-order valence-electron chi connectivity index (χ3n) is 8.25. The Balaban J connectivity index is 0.000000151. The molecular formula is C25H38O. The van der Waals surface area contributed by atoms with E-state index in [4.69, 9.17) is 0 Å². The maximum absolute atomic E-state index is 10.5. The molecule has 6 fully saturated rings. The van der Waals surface area contributed by atoms with Crippen LogP contribution in [-0.2, 0) is 4.79 Å². The van der Waals surface area contributed by atoms with Crippen LogP contribution in [0.3, 0.4) is 0 Å². The van der Waals surface area contributed by atoms with E-state index in [0.717, 1.165) is 29.1 Å². The first-order valence-electron chi connectivity index (χ1n) is 10.5. The number of carbonyl (C=O) groups is 1. The van der Waals surface area contributed by atoms with Gasteiger partial charge in [0.05, 0.1) is 0 Å². The van der Waals surface area contributed by atoms with Crippen LogP contribution in [0.25, 0.3) is 0 Å². The molecule has 4 bridgehead atoms. The highest BCUT2D eigenvalue weighted by Gasteiger charge is 2.67. The zero-order chi connectivity index (χ0) is 19.4. The number of hydrogen-bond donors (Lipinski definition) is 0. The van der Waals surface area contributed by atoms with Crippen molar-refractivity contribution in [1.29, 1.82) is 0 Å². The molecule has 144 valence electrons. The Morgan fingerprint density at radius 3 is 1.38 bits per heavy atom. The molecule has 0 heterocycles. The van der Waals surface area contributed by atoms with Gasteiger partial charge >= 0.3 is 0 Å². The van der Waals surface area contributed by atoms with Crippen molar-refractivity contribution in [2.24, 2.45) is 33.5 Å². The van der Waals surface area contributed by atoms with Gasteiger partial charge in [0.15, 0.2) is 0 Å². The summed E-state index contributed by atoms with van der Waals surface area (Å²) in [6.07, 6.45) is 15.9. The molecule has 0 atom stereocenters. The van der Waals surface area contributed by atoms with Crippen LogP contribution in [0.4, 0.5) is 0 Å². The molecule has 0 radical (unpaired) electrons. The van der Waals surface area contributed by atoms with Crippen LogP contribution in [0, 0.1) is 33.5 Å². The van der Waals surface area contributed by atoms with Crippen molar-refractivity contribution in [2.45, 2.75) is 80.1 Å². The normalized spacial score (nSPS) is 42.6. The Hall–Kier alpha value is -1.11. The van der Waals surface area contributed by atoms with E-state index in [-0.39, 0.29) is 0 Å². The molecule has 0 aromatic heterocycles. The first kappa shape index (κ1) is 19.6. The van der Waals surface area contributed by atoms with Crippen LogP contribution >= 0.6 is 0 Å². The molecule has 0 amide bonds. The van der Waals surface area contributed by atoms with E-state index in [0.29, 0.717) is 16.2 Å². The molecule has 26 heavy (non-hydrogen) atoms. The lowest BCUT2D eigenvalue weighted by atomic mass is 9.32. The van der Waals surface area contributed by atoms with Crippen LogP contribution in [0.15, 0.2) is 36.0 Å². The average molecular weight is 355 g/mol. The van der Waals surface area contributed by atoms with Gasteiger partial charge in [-0.1, -0.05) is 58.1 Å². The second-order valence-corrected chi connectivity index (χ2v) is 10.9. The van der Waals surface area contributed by atoms with Crippen LogP contribution in [0.5, 0.6) is 0 Å². The molecule has 0 aromatic carbocycles. The van der Waals surface area contributed by atoms with E-state index in [1.54, 1.807) is 0 Å². The highest BCUT2D eigenvalue weighted by Crippen LogP contribution is 2.77. The molecule has 0 unspecified atom stereocenters. The summed E-state index contributed by atoms with van der Waals surface area (Å²) in [5, 5.41) is 0. The van der Waals surface area contributed by atoms with Crippen molar-refractivity contribution in [3.05, 3.63) is 36.0 Å². The zero-order valence-electron chi connectivity index (χ0n) is 17.8. The Bertz CT molecular complexity index is 560. The minimum atomic E-state index is 0.440. The number of allylic oxidation sites excluding steroid dienone is 5. The molecular weight excluding hydrogens is 316 g/mol. The third kappa shape index (κ3) is 2.96. The summed E-state index contributed by atoms with van der Waals surface area (Å²) < 4.78 is 0. The van der Waals surface area contributed by atoms with Gasteiger partial charge in [-0.2, -0.15) is 0 Å². The Labute approximate surface area is 161 Å². The lowest BCUT2D eigenvalue weighted by molar-refractivity contribution is -0.198. The van der Waals surface area contributed by atoms with Gasteiger partial charge in [0, 0.05) is 0 Å². The first-order chi connectivity index (χ1) is 12.0. The summed E-state index contributed by atoms with van der Waals surface area (Å²) >= 11 is 0. The van der Waals surface area contributed by atoms with Crippen molar-refractivity contribution in [2.75, 3.05) is 0 Å². The van der Waals surface area contributed by atoms with Crippen LogP contribution in [0.2, 0.25) is 0 Å². The van der Waals surface area contributed by atoms with Crippen LogP contribution in [-0.4, -0.2) is 6.29 Å². The Morgan fingerprint density at radius 1 is 0.769 bits per heavy atom. The maximum Gasteiger partial charge on any atom is 0.145 e. The average Bonchev–Trinajstić information content (AvgIpc) is 2.42. The fraction of sp³-hybridized carbons (Fsp3) is 0.720.